The highest BCUT2D eigenvalue weighted by Crippen LogP contribution is 2.28. The maximum Gasteiger partial charge on any atom is 0.221 e. The van der Waals surface area contributed by atoms with E-state index in [0.29, 0.717) is 0 Å². The largest absolute Gasteiger partial charge is 0.317 e. The fourth-order valence-corrected chi connectivity index (χ4v) is 2.30. The second kappa shape index (κ2) is 4.55. The third-order valence-electron chi connectivity index (χ3n) is 1.97. The number of benzene rings is 1. The molecular weight excluding hydrogens is 218 g/mol. The Balaban J connectivity index is 0.000000980. The fraction of sp³-hybridized carbons (Fsp3) is 0.100. The lowest BCUT2D eigenvalue weighted by molar-refractivity contribution is 0.545. The van der Waals surface area contributed by atoms with Crippen molar-refractivity contribution < 1.29 is 4.79 Å². The Hall–Kier alpha value is -0.900. The molecule has 0 fully saturated rings. The number of hydrogen-bond acceptors (Lipinski definition) is 3. The Morgan fingerprint density at radius 3 is 2.79 bits per heavy atom. The number of nitrogens with two attached hydrogens (primary N) is 1. The summed E-state index contributed by atoms with van der Waals surface area (Å²) >= 11 is 1.60. The molecule has 2 rings (SSSR count). The van der Waals surface area contributed by atoms with Gasteiger partial charge >= 0.3 is 0 Å². The molecule has 1 aromatic heterocycles. The number of hydrogen-bond donors (Lipinski definition) is 1. The molecule has 0 bridgehead atoms. The van der Waals surface area contributed by atoms with Crippen LogP contribution in [0.2, 0.25) is 0 Å². The maximum absolute atomic E-state index is 10.4. The molecule has 1 unspecified atom stereocenters. The summed E-state index contributed by atoms with van der Waals surface area (Å²) in [6.07, 6.45) is 1.79. The van der Waals surface area contributed by atoms with Crippen molar-refractivity contribution >= 4 is 40.1 Å². The van der Waals surface area contributed by atoms with Gasteiger partial charge in [-0.1, -0.05) is 18.2 Å². The summed E-state index contributed by atoms with van der Waals surface area (Å²) in [7, 11) is 0. The summed E-state index contributed by atoms with van der Waals surface area (Å²) in [5.41, 5.74) is 6.46. The monoisotopic (exact) mass is 226 g/mol. The molecule has 2 nitrogen and oxygen atoms in total. The molecule has 0 spiro atoms. The molecule has 1 heterocycles. The van der Waals surface area contributed by atoms with Gasteiger partial charge < -0.3 is 5.73 Å². The van der Waals surface area contributed by atoms with Crippen molar-refractivity contribution in [1.29, 1.82) is 0 Å². The van der Waals surface area contributed by atoms with Crippen molar-refractivity contribution in [3.8, 4) is 0 Å². The Morgan fingerprint density at radius 2 is 2.07 bits per heavy atom. The summed E-state index contributed by atoms with van der Waals surface area (Å²) in [5.74, 6) is 0. The van der Waals surface area contributed by atoms with E-state index in [-0.39, 0.29) is 12.4 Å². The van der Waals surface area contributed by atoms with Crippen LogP contribution in [0.4, 0.5) is 0 Å². The topological polar surface area (TPSA) is 43.1 Å². The Kier molecular flexibility index (Phi) is 3.63. The zero-order valence-corrected chi connectivity index (χ0v) is 8.90. The summed E-state index contributed by atoms with van der Waals surface area (Å²) in [6.45, 7) is 0. The smallest absolute Gasteiger partial charge is 0.221 e. The van der Waals surface area contributed by atoms with Crippen LogP contribution in [0.15, 0.2) is 29.6 Å². The van der Waals surface area contributed by atoms with Crippen LogP contribution in [0.25, 0.3) is 10.1 Å². The van der Waals surface area contributed by atoms with Gasteiger partial charge in [-0.15, -0.1) is 23.7 Å². The first kappa shape index (κ1) is 11.2. The van der Waals surface area contributed by atoms with Crippen LogP contribution in [0.3, 0.4) is 0 Å². The lowest BCUT2D eigenvalue weighted by Gasteiger charge is -1.99. The average Bonchev–Trinajstić information content (AvgIpc) is 2.60. The highest BCUT2D eigenvalue weighted by Gasteiger charge is 2.10. The van der Waals surface area contributed by atoms with Gasteiger partial charge in [0.15, 0.2) is 0 Å². The zero-order valence-electron chi connectivity index (χ0n) is 7.27. The predicted molar refractivity (Wildman–Crippen MR) is 61.7 cm³/mol. The molecule has 0 aliphatic carbocycles. The van der Waals surface area contributed by atoms with Gasteiger partial charge in [-0.2, -0.15) is 0 Å². The van der Waals surface area contributed by atoms with Crippen molar-refractivity contribution in [3.05, 3.63) is 35.2 Å². The quantitative estimate of drug-likeness (QED) is 0.855. The minimum atomic E-state index is -0.615. The number of halogens is 1. The Bertz CT molecular complexity index is 440. The van der Waals surface area contributed by atoms with E-state index in [4.69, 9.17) is 5.73 Å². The minimum Gasteiger partial charge on any atom is -0.317 e. The van der Waals surface area contributed by atoms with Crippen LogP contribution in [-0.2, 0) is 4.79 Å². The van der Waals surface area contributed by atoms with Gasteiger partial charge in [-0.25, -0.2) is 0 Å². The van der Waals surface area contributed by atoms with E-state index in [1.54, 1.807) is 17.6 Å². The highest BCUT2D eigenvalue weighted by molar-refractivity contribution is 7.17. The predicted octanol–water partition coefficient (Wildman–Crippen LogP) is 2.43. The van der Waals surface area contributed by atoms with E-state index in [2.05, 4.69) is 0 Å². The Labute approximate surface area is 92.1 Å². The second-order valence-corrected chi connectivity index (χ2v) is 3.69. The van der Waals surface area contributed by atoms with Crippen molar-refractivity contribution in [2.45, 2.75) is 6.04 Å². The fourth-order valence-electron chi connectivity index (χ4n) is 1.30. The van der Waals surface area contributed by atoms with E-state index in [1.165, 1.54) is 0 Å². The third-order valence-corrected chi connectivity index (χ3v) is 2.95. The van der Waals surface area contributed by atoms with Crippen molar-refractivity contribution in [2.24, 2.45) is 5.73 Å². The molecule has 73 valence electrons. The molecule has 14 heavy (non-hydrogen) atoms. The van der Waals surface area contributed by atoms with Crippen LogP contribution in [0.1, 0.15) is 11.6 Å². The normalized spacial score (nSPS) is 12.1. The number of carbonyl (C=O) groups excluding carboxylic acids is 1. The molecule has 4 heteroatoms. The Morgan fingerprint density at radius 1 is 1.36 bits per heavy atom. The van der Waals surface area contributed by atoms with Gasteiger partial charge in [0.2, 0.25) is 6.29 Å². The molecular formula is C10H9ClNOS. The second-order valence-electron chi connectivity index (χ2n) is 2.78. The molecule has 0 amide bonds. The first-order chi connectivity index (χ1) is 6.33. The van der Waals surface area contributed by atoms with Gasteiger partial charge in [0.05, 0.1) is 6.04 Å². The maximum atomic E-state index is 10.4. The van der Waals surface area contributed by atoms with Gasteiger partial charge in [0, 0.05) is 4.70 Å². The average molecular weight is 227 g/mol. The number of thiophene rings is 1. The van der Waals surface area contributed by atoms with Gasteiger partial charge in [-0.05, 0) is 22.4 Å². The molecule has 1 aromatic carbocycles. The minimum absolute atomic E-state index is 0. The van der Waals surface area contributed by atoms with Crippen molar-refractivity contribution in [1.82, 2.24) is 0 Å². The summed E-state index contributed by atoms with van der Waals surface area (Å²) in [4.78, 5) is 10.4. The molecule has 2 aromatic rings. The van der Waals surface area contributed by atoms with E-state index in [0.717, 1.165) is 15.6 Å². The number of fused-ring (bicyclic) bond motifs is 1. The zero-order chi connectivity index (χ0) is 9.26. The third kappa shape index (κ3) is 1.80. The first-order valence-electron chi connectivity index (χ1n) is 3.92. The first-order valence-corrected chi connectivity index (χ1v) is 4.80. The standard InChI is InChI=1S/C10H8NOS.ClH/c11-9(5-12)8-6-13-10-4-2-1-3-7(8)10;/h1-4,6,9H,11H2;1H. The van der Waals surface area contributed by atoms with Crippen LogP contribution < -0.4 is 5.73 Å². The molecule has 1 atom stereocenters. The van der Waals surface area contributed by atoms with Gasteiger partial charge in [0.25, 0.3) is 0 Å². The van der Waals surface area contributed by atoms with Crippen LogP contribution in [-0.4, -0.2) is 6.29 Å². The summed E-state index contributed by atoms with van der Waals surface area (Å²) in [6, 6.07) is 7.28. The molecule has 0 aliphatic rings. The van der Waals surface area contributed by atoms with E-state index in [1.807, 2.05) is 29.6 Å². The molecule has 0 saturated heterocycles. The molecule has 2 N–H and O–H groups in total. The van der Waals surface area contributed by atoms with E-state index < -0.39 is 6.04 Å². The summed E-state index contributed by atoms with van der Waals surface area (Å²) < 4.78 is 1.16. The SMILES string of the molecule is Cl.NC([C]=O)c1csc2ccccc12. The summed E-state index contributed by atoms with van der Waals surface area (Å²) in [5, 5.41) is 2.98. The molecule has 1 radical (unpaired) electrons. The lowest BCUT2D eigenvalue weighted by atomic mass is 10.1. The van der Waals surface area contributed by atoms with Crippen LogP contribution in [0, 0.1) is 0 Å². The van der Waals surface area contributed by atoms with Gasteiger partial charge in [-0.3, -0.25) is 4.79 Å². The van der Waals surface area contributed by atoms with E-state index >= 15 is 0 Å². The van der Waals surface area contributed by atoms with Crippen molar-refractivity contribution in [2.75, 3.05) is 0 Å². The highest BCUT2D eigenvalue weighted by atomic mass is 35.5. The van der Waals surface area contributed by atoms with Crippen molar-refractivity contribution in [3.63, 3.8) is 0 Å². The van der Waals surface area contributed by atoms with Crippen LogP contribution in [0.5, 0.6) is 0 Å². The lowest BCUT2D eigenvalue weighted by Crippen LogP contribution is -2.10. The molecule has 0 saturated carbocycles. The molecule has 0 aliphatic heterocycles. The van der Waals surface area contributed by atoms with Crippen LogP contribution >= 0.6 is 23.7 Å². The van der Waals surface area contributed by atoms with Gasteiger partial charge in [0.1, 0.15) is 0 Å². The van der Waals surface area contributed by atoms with E-state index in [9.17, 15) is 4.79 Å². The number of rotatable bonds is 2.